The summed E-state index contributed by atoms with van der Waals surface area (Å²) in [5.74, 6) is 0.0582. The maximum Gasteiger partial charge on any atom is 0.303 e. The number of carbonyl (C=O) groups is 2. The van der Waals surface area contributed by atoms with Crippen LogP contribution in [0.4, 0.5) is 0 Å². The van der Waals surface area contributed by atoms with Gasteiger partial charge < -0.3 is 24.2 Å². The van der Waals surface area contributed by atoms with Gasteiger partial charge in [-0.1, -0.05) is 18.2 Å². The monoisotopic (exact) mass is 496 g/mol. The number of nitrogens with zero attached hydrogens (tertiary/aromatic N) is 2. The number of ether oxygens (including phenoxy) is 3. The standard InChI is InChI=1S/C26H28N2O6S/c1-2-33-22-16-18(7-9-21(22)34-17-24(29)28-11-13-32-14-12-28)15-19(8-10-25(30)31)26-27-20-5-3-4-6-23(20)35-26/h3-7,9,15-16H,2,8,10-14,17H2,1H3,(H,30,31)/b19-15-. The Balaban J connectivity index is 1.56. The zero-order valence-electron chi connectivity index (χ0n) is 19.6. The fourth-order valence-electron chi connectivity index (χ4n) is 3.74. The quantitative estimate of drug-likeness (QED) is 0.446. The second kappa shape index (κ2) is 11.8. The largest absolute Gasteiger partial charge is 0.490 e. The van der Waals surface area contributed by atoms with Gasteiger partial charge in [0, 0.05) is 19.5 Å². The lowest BCUT2D eigenvalue weighted by Gasteiger charge is -2.26. The minimum absolute atomic E-state index is 0.00488. The molecule has 4 rings (SSSR count). The van der Waals surface area contributed by atoms with Gasteiger partial charge >= 0.3 is 5.97 Å². The van der Waals surface area contributed by atoms with Gasteiger partial charge in [-0.05, 0) is 54.8 Å². The normalized spacial score (nSPS) is 14.2. The molecule has 2 aromatic carbocycles. The highest BCUT2D eigenvalue weighted by molar-refractivity contribution is 7.19. The van der Waals surface area contributed by atoms with Crippen LogP contribution in [-0.4, -0.2) is 66.4 Å². The van der Waals surface area contributed by atoms with Crippen LogP contribution in [0.3, 0.4) is 0 Å². The number of amides is 1. The fraction of sp³-hybridized carbons (Fsp3) is 0.346. The first-order valence-corrected chi connectivity index (χ1v) is 12.4. The Labute approximate surface area is 207 Å². The van der Waals surface area contributed by atoms with E-state index in [1.807, 2.05) is 49.4 Å². The SMILES string of the molecule is CCOc1cc(/C=C(/CCC(=O)O)c2nc3ccccc3s2)ccc1OCC(=O)N1CCOCC1. The third-order valence-electron chi connectivity index (χ3n) is 5.50. The number of rotatable bonds is 10. The number of morpholine rings is 1. The Kier molecular flexibility index (Phi) is 8.33. The van der Waals surface area contributed by atoms with Crippen LogP contribution in [0.15, 0.2) is 42.5 Å². The molecule has 1 aromatic heterocycles. The van der Waals surface area contributed by atoms with Gasteiger partial charge in [-0.15, -0.1) is 11.3 Å². The van der Waals surface area contributed by atoms with E-state index in [1.165, 1.54) is 11.3 Å². The van der Waals surface area contributed by atoms with Crippen LogP contribution in [0.25, 0.3) is 21.9 Å². The van der Waals surface area contributed by atoms with Gasteiger partial charge in [0.15, 0.2) is 18.1 Å². The number of benzene rings is 2. The smallest absolute Gasteiger partial charge is 0.303 e. The summed E-state index contributed by atoms with van der Waals surface area (Å²) in [7, 11) is 0. The molecular formula is C26H28N2O6S. The lowest BCUT2D eigenvalue weighted by atomic mass is 10.1. The number of carboxylic acid groups (broad SMARTS) is 1. The molecule has 0 radical (unpaired) electrons. The summed E-state index contributed by atoms with van der Waals surface area (Å²) < 4.78 is 17.9. The zero-order chi connectivity index (χ0) is 24.6. The molecule has 1 amide bonds. The van der Waals surface area contributed by atoms with Crippen molar-refractivity contribution in [3.63, 3.8) is 0 Å². The van der Waals surface area contributed by atoms with Crippen molar-refractivity contribution < 1.29 is 28.9 Å². The van der Waals surface area contributed by atoms with E-state index in [4.69, 9.17) is 19.2 Å². The molecule has 35 heavy (non-hydrogen) atoms. The van der Waals surface area contributed by atoms with Crippen LogP contribution in [0.2, 0.25) is 0 Å². The topological polar surface area (TPSA) is 98.2 Å². The van der Waals surface area contributed by atoms with Crippen molar-refractivity contribution in [1.29, 1.82) is 0 Å². The number of thiazole rings is 1. The fourth-order valence-corrected chi connectivity index (χ4v) is 4.75. The molecule has 0 atom stereocenters. The molecule has 0 aliphatic carbocycles. The third kappa shape index (κ3) is 6.58. The minimum Gasteiger partial charge on any atom is -0.490 e. The number of allylic oxidation sites excluding steroid dienone is 1. The second-order valence-corrected chi connectivity index (χ2v) is 9.00. The summed E-state index contributed by atoms with van der Waals surface area (Å²) in [5, 5.41) is 10.0. The zero-order valence-corrected chi connectivity index (χ0v) is 20.4. The van der Waals surface area contributed by atoms with E-state index in [2.05, 4.69) is 0 Å². The molecule has 9 heteroatoms. The molecule has 0 bridgehead atoms. The van der Waals surface area contributed by atoms with Crippen molar-refractivity contribution in [3.05, 3.63) is 53.0 Å². The van der Waals surface area contributed by atoms with Gasteiger partial charge in [0.05, 0.1) is 30.0 Å². The van der Waals surface area contributed by atoms with Crippen molar-refractivity contribution in [1.82, 2.24) is 9.88 Å². The summed E-state index contributed by atoms with van der Waals surface area (Å²) in [6.07, 6.45) is 2.29. The summed E-state index contributed by atoms with van der Waals surface area (Å²) >= 11 is 1.54. The maximum absolute atomic E-state index is 12.5. The van der Waals surface area contributed by atoms with Crippen LogP contribution in [0.1, 0.15) is 30.3 Å². The van der Waals surface area contributed by atoms with Crippen LogP contribution in [0.5, 0.6) is 11.5 Å². The van der Waals surface area contributed by atoms with Crippen LogP contribution in [0, 0.1) is 0 Å². The molecule has 8 nitrogen and oxygen atoms in total. The van der Waals surface area contributed by atoms with Gasteiger partial charge in [0.2, 0.25) is 0 Å². The molecule has 1 N–H and O–H groups in total. The highest BCUT2D eigenvalue weighted by Gasteiger charge is 2.18. The second-order valence-electron chi connectivity index (χ2n) is 7.97. The molecule has 184 valence electrons. The molecule has 3 aromatic rings. The molecule has 1 aliphatic heterocycles. The van der Waals surface area contributed by atoms with Crippen LogP contribution >= 0.6 is 11.3 Å². The van der Waals surface area contributed by atoms with Crippen LogP contribution < -0.4 is 9.47 Å². The number of hydrogen-bond acceptors (Lipinski definition) is 7. The number of hydrogen-bond donors (Lipinski definition) is 1. The number of carboxylic acids is 1. The Morgan fingerprint density at radius 3 is 2.66 bits per heavy atom. The van der Waals surface area contributed by atoms with Crippen molar-refractivity contribution in [2.75, 3.05) is 39.5 Å². The molecular weight excluding hydrogens is 468 g/mol. The lowest BCUT2D eigenvalue weighted by molar-refractivity contribution is -0.138. The van der Waals surface area contributed by atoms with E-state index in [9.17, 15) is 14.7 Å². The number of fused-ring (bicyclic) bond motifs is 1. The van der Waals surface area contributed by atoms with Gasteiger partial charge in [-0.3, -0.25) is 9.59 Å². The van der Waals surface area contributed by atoms with Gasteiger partial charge in [0.1, 0.15) is 5.01 Å². The van der Waals surface area contributed by atoms with Gasteiger partial charge in [-0.25, -0.2) is 4.98 Å². The molecule has 1 fully saturated rings. The van der Waals surface area contributed by atoms with Gasteiger partial charge in [-0.2, -0.15) is 0 Å². The summed E-state index contributed by atoms with van der Waals surface area (Å²) in [5.41, 5.74) is 2.56. The predicted molar refractivity (Wildman–Crippen MR) is 135 cm³/mol. The van der Waals surface area contributed by atoms with Crippen molar-refractivity contribution in [2.45, 2.75) is 19.8 Å². The van der Waals surface area contributed by atoms with E-state index in [-0.39, 0.29) is 18.9 Å². The number of para-hydroxylation sites is 1. The third-order valence-corrected chi connectivity index (χ3v) is 6.61. The highest BCUT2D eigenvalue weighted by atomic mass is 32.1. The summed E-state index contributed by atoms with van der Waals surface area (Å²) in [6.45, 7) is 4.44. The molecule has 0 spiro atoms. The first-order valence-electron chi connectivity index (χ1n) is 11.6. The average molecular weight is 497 g/mol. The van der Waals surface area contributed by atoms with E-state index >= 15 is 0 Å². The van der Waals surface area contributed by atoms with E-state index in [0.717, 1.165) is 26.4 Å². The minimum atomic E-state index is -0.860. The van der Waals surface area contributed by atoms with Crippen LogP contribution in [-0.2, 0) is 14.3 Å². The molecule has 1 aliphatic rings. The first kappa shape index (κ1) is 24.7. The number of carbonyl (C=O) groups excluding carboxylic acids is 1. The van der Waals surface area contributed by atoms with Crippen molar-refractivity contribution >= 4 is 45.1 Å². The molecule has 0 unspecified atom stereocenters. The molecule has 2 heterocycles. The highest BCUT2D eigenvalue weighted by Crippen LogP contribution is 2.34. The summed E-state index contributed by atoms with van der Waals surface area (Å²) in [4.78, 5) is 30.2. The van der Waals surface area contributed by atoms with Crippen molar-refractivity contribution in [2.24, 2.45) is 0 Å². The Morgan fingerprint density at radius 1 is 1.11 bits per heavy atom. The Bertz CT molecular complexity index is 1180. The average Bonchev–Trinajstić information content (AvgIpc) is 3.30. The van der Waals surface area contributed by atoms with E-state index in [1.54, 1.807) is 11.0 Å². The maximum atomic E-state index is 12.5. The first-order chi connectivity index (χ1) is 17.0. The van der Waals surface area contributed by atoms with E-state index in [0.29, 0.717) is 50.8 Å². The summed E-state index contributed by atoms with van der Waals surface area (Å²) in [6, 6.07) is 13.3. The predicted octanol–water partition coefficient (Wildman–Crippen LogP) is 4.34. The number of aliphatic carboxylic acids is 1. The molecule has 0 saturated carbocycles. The van der Waals surface area contributed by atoms with E-state index < -0.39 is 5.97 Å². The Hall–Kier alpha value is -3.43. The van der Waals surface area contributed by atoms with Gasteiger partial charge in [0.25, 0.3) is 5.91 Å². The molecule has 1 saturated heterocycles. The lowest BCUT2D eigenvalue weighted by Crippen LogP contribution is -2.43. The number of aromatic nitrogens is 1. The Morgan fingerprint density at radius 2 is 1.91 bits per heavy atom. The van der Waals surface area contributed by atoms with Crippen molar-refractivity contribution in [3.8, 4) is 11.5 Å².